The Morgan fingerprint density at radius 2 is 2.21 bits per heavy atom. The van der Waals surface area contributed by atoms with Gasteiger partial charge in [-0.25, -0.2) is 9.37 Å². The van der Waals surface area contributed by atoms with E-state index in [-0.39, 0.29) is 5.69 Å². The van der Waals surface area contributed by atoms with Crippen LogP contribution in [0.25, 0.3) is 16.6 Å². The van der Waals surface area contributed by atoms with Crippen LogP contribution in [0.4, 0.5) is 4.39 Å². The minimum absolute atomic E-state index is 0.200. The van der Waals surface area contributed by atoms with Gasteiger partial charge in [-0.2, -0.15) is 5.10 Å². The van der Waals surface area contributed by atoms with E-state index in [1.807, 2.05) is 12.3 Å². The SMILES string of the molecule is COc1cc(F)cc([C@@H](CO)NC(=O)c2ncn3cc(-c4cn[nH]c4)ccc23)c1. The summed E-state index contributed by atoms with van der Waals surface area (Å²) in [6.45, 7) is -0.408. The number of nitrogens with zero attached hydrogens (tertiary/aromatic N) is 3. The van der Waals surface area contributed by atoms with Crippen LogP contribution in [0.3, 0.4) is 0 Å². The number of benzene rings is 1. The maximum absolute atomic E-state index is 13.8. The third-order valence-electron chi connectivity index (χ3n) is 4.60. The predicted molar refractivity (Wildman–Crippen MR) is 103 cm³/mol. The molecular formula is C20H18FN5O3. The van der Waals surface area contributed by atoms with Crippen LogP contribution >= 0.6 is 0 Å². The number of aliphatic hydroxyl groups is 1. The van der Waals surface area contributed by atoms with E-state index in [4.69, 9.17) is 4.74 Å². The summed E-state index contributed by atoms with van der Waals surface area (Å²) in [4.78, 5) is 17.0. The molecule has 0 aliphatic carbocycles. The van der Waals surface area contributed by atoms with Crippen molar-refractivity contribution in [2.45, 2.75) is 6.04 Å². The van der Waals surface area contributed by atoms with Crippen molar-refractivity contribution in [1.29, 1.82) is 0 Å². The maximum atomic E-state index is 13.8. The average Bonchev–Trinajstić information content (AvgIpc) is 3.40. The fraction of sp³-hybridized carbons (Fsp3) is 0.150. The number of carbonyl (C=O) groups excluding carboxylic acids is 1. The second-order valence-corrected chi connectivity index (χ2v) is 6.42. The molecule has 3 heterocycles. The van der Waals surface area contributed by atoms with E-state index in [9.17, 15) is 14.3 Å². The van der Waals surface area contributed by atoms with E-state index >= 15 is 0 Å². The molecule has 0 bridgehead atoms. The lowest BCUT2D eigenvalue weighted by Crippen LogP contribution is -2.31. The van der Waals surface area contributed by atoms with Gasteiger partial charge in [-0.1, -0.05) is 6.07 Å². The molecule has 0 aliphatic heterocycles. The Bertz CT molecular complexity index is 1160. The van der Waals surface area contributed by atoms with E-state index in [0.717, 1.165) is 11.1 Å². The second-order valence-electron chi connectivity index (χ2n) is 6.42. The third-order valence-corrected chi connectivity index (χ3v) is 4.60. The summed E-state index contributed by atoms with van der Waals surface area (Å²) in [5.74, 6) is -0.705. The number of imidazole rings is 1. The topological polar surface area (TPSA) is 105 Å². The number of fused-ring (bicyclic) bond motifs is 1. The first-order chi connectivity index (χ1) is 14.1. The van der Waals surface area contributed by atoms with Crippen molar-refractivity contribution in [1.82, 2.24) is 24.9 Å². The van der Waals surface area contributed by atoms with Gasteiger partial charge in [0, 0.05) is 29.6 Å². The van der Waals surface area contributed by atoms with Gasteiger partial charge in [-0.15, -0.1) is 0 Å². The van der Waals surface area contributed by atoms with Gasteiger partial charge < -0.3 is 19.6 Å². The number of pyridine rings is 1. The molecule has 0 unspecified atom stereocenters. The van der Waals surface area contributed by atoms with E-state index in [1.165, 1.54) is 25.6 Å². The molecule has 1 aromatic carbocycles. The van der Waals surface area contributed by atoms with Crippen molar-refractivity contribution in [3.63, 3.8) is 0 Å². The zero-order chi connectivity index (χ0) is 20.4. The molecule has 3 N–H and O–H groups in total. The number of H-pyrrole nitrogens is 1. The minimum Gasteiger partial charge on any atom is -0.497 e. The summed E-state index contributed by atoms with van der Waals surface area (Å²) in [5.41, 5.74) is 3.01. The summed E-state index contributed by atoms with van der Waals surface area (Å²) in [5, 5.41) is 19.1. The Hall–Kier alpha value is -3.72. The van der Waals surface area contributed by atoms with Crippen LogP contribution in [0.1, 0.15) is 22.1 Å². The maximum Gasteiger partial charge on any atom is 0.272 e. The molecule has 1 amide bonds. The fourth-order valence-corrected chi connectivity index (χ4v) is 3.12. The average molecular weight is 395 g/mol. The Morgan fingerprint density at radius 3 is 2.93 bits per heavy atom. The van der Waals surface area contributed by atoms with Gasteiger partial charge in [-0.3, -0.25) is 9.89 Å². The largest absolute Gasteiger partial charge is 0.497 e. The minimum atomic E-state index is -0.811. The number of amides is 1. The molecule has 0 spiro atoms. The standard InChI is InChI=1S/C20H18FN5O3/c1-29-16-5-13(4-15(21)6-16)17(10-27)25-20(28)19-18-3-2-12(9-26(18)11-22-19)14-7-23-24-8-14/h2-9,11,17,27H,10H2,1H3,(H,23,24)(H,25,28)/t17-/m1/s1. The van der Waals surface area contributed by atoms with E-state index in [2.05, 4.69) is 20.5 Å². The summed E-state index contributed by atoms with van der Waals surface area (Å²) in [7, 11) is 1.42. The van der Waals surface area contributed by atoms with Crippen LogP contribution in [0.5, 0.6) is 5.75 Å². The number of ether oxygens (including phenoxy) is 1. The van der Waals surface area contributed by atoms with Crippen LogP contribution in [0.15, 0.2) is 55.2 Å². The molecular weight excluding hydrogens is 377 g/mol. The molecule has 8 nitrogen and oxygen atoms in total. The van der Waals surface area contributed by atoms with Gasteiger partial charge in [-0.05, 0) is 23.8 Å². The molecule has 0 saturated heterocycles. The smallest absolute Gasteiger partial charge is 0.272 e. The zero-order valence-electron chi connectivity index (χ0n) is 15.5. The third kappa shape index (κ3) is 3.67. The first-order valence-electron chi connectivity index (χ1n) is 8.81. The predicted octanol–water partition coefficient (Wildman–Crippen LogP) is 2.34. The van der Waals surface area contributed by atoms with Crippen LogP contribution < -0.4 is 10.1 Å². The molecule has 29 heavy (non-hydrogen) atoms. The first kappa shape index (κ1) is 18.6. The van der Waals surface area contributed by atoms with Crippen molar-refractivity contribution in [2.24, 2.45) is 0 Å². The summed E-state index contributed by atoms with van der Waals surface area (Å²) >= 11 is 0. The number of aromatic amines is 1. The summed E-state index contributed by atoms with van der Waals surface area (Å²) in [6, 6.07) is 6.86. The Morgan fingerprint density at radius 1 is 1.34 bits per heavy atom. The number of halogens is 1. The fourth-order valence-electron chi connectivity index (χ4n) is 3.12. The molecule has 148 valence electrons. The number of aliphatic hydroxyl groups excluding tert-OH is 1. The highest BCUT2D eigenvalue weighted by atomic mass is 19.1. The van der Waals surface area contributed by atoms with Crippen LogP contribution in [-0.2, 0) is 0 Å². The van der Waals surface area contributed by atoms with Gasteiger partial charge in [0.05, 0.1) is 31.5 Å². The number of nitrogens with one attached hydrogen (secondary N) is 2. The lowest BCUT2D eigenvalue weighted by Gasteiger charge is -2.17. The van der Waals surface area contributed by atoms with E-state index < -0.39 is 24.4 Å². The highest BCUT2D eigenvalue weighted by molar-refractivity contribution is 5.99. The number of hydrogen-bond donors (Lipinski definition) is 3. The number of hydrogen-bond acceptors (Lipinski definition) is 5. The molecule has 3 aromatic heterocycles. The van der Waals surface area contributed by atoms with Crippen LogP contribution in [0.2, 0.25) is 0 Å². The zero-order valence-corrected chi connectivity index (χ0v) is 15.5. The van der Waals surface area contributed by atoms with Crippen LogP contribution in [-0.4, -0.2) is 44.3 Å². The molecule has 4 aromatic rings. The van der Waals surface area contributed by atoms with Gasteiger partial charge >= 0.3 is 0 Å². The number of carbonyl (C=O) groups is 1. The molecule has 0 saturated carbocycles. The molecule has 0 fully saturated rings. The van der Waals surface area contributed by atoms with Gasteiger partial charge in [0.1, 0.15) is 17.9 Å². The van der Waals surface area contributed by atoms with E-state index in [0.29, 0.717) is 16.8 Å². The molecule has 9 heteroatoms. The Balaban J connectivity index is 1.60. The van der Waals surface area contributed by atoms with Crippen LogP contribution in [0, 0.1) is 5.82 Å². The molecule has 0 radical (unpaired) electrons. The Kier molecular flexibility index (Phi) is 4.96. The number of methoxy groups -OCH3 is 1. The summed E-state index contributed by atoms with van der Waals surface area (Å²) in [6.07, 6.45) is 6.84. The van der Waals surface area contributed by atoms with Gasteiger partial charge in [0.25, 0.3) is 5.91 Å². The number of aromatic nitrogens is 4. The summed E-state index contributed by atoms with van der Waals surface area (Å²) < 4.78 is 20.6. The lowest BCUT2D eigenvalue weighted by atomic mass is 10.1. The van der Waals surface area contributed by atoms with E-state index in [1.54, 1.807) is 28.9 Å². The highest BCUT2D eigenvalue weighted by Gasteiger charge is 2.20. The van der Waals surface area contributed by atoms with Gasteiger partial charge in [0.15, 0.2) is 5.69 Å². The van der Waals surface area contributed by atoms with Crippen molar-refractivity contribution in [3.05, 3.63) is 72.3 Å². The quantitative estimate of drug-likeness (QED) is 0.465. The normalized spacial score (nSPS) is 12.1. The van der Waals surface area contributed by atoms with Crippen molar-refractivity contribution >= 4 is 11.4 Å². The highest BCUT2D eigenvalue weighted by Crippen LogP contribution is 2.23. The van der Waals surface area contributed by atoms with Gasteiger partial charge in [0.2, 0.25) is 0 Å². The van der Waals surface area contributed by atoms with Crippen molar-refractivity contribution < 1.29 is 19.0 Å². The molecule has 0 aliphatic rings. The Labute approximate surface area is 165 Å². The first-order valence-corrected chi connectivity index (χ1v) is 8.81. The molecule has 1 atom stereocenters. The second kappa shape index (κ2) is 7.72. The monoisotopic (exact) mass is 395 g/mol. The van der Waals surface area contributed by atoms with Crippen molar-refractivity contribution in [2.75, 3.05) is 13.7 Å². The van der Waals surface area contributed by atoms with Crippen molar-refractivity contribution in [3.8, 4) is 16.9 Å². The molecule has 4 rings (SSSR count). The lowest BCUT2D eigenvalue weighted by molar-refractivity contribution is 0.0913. The number of rotatable bonds is 6.